The highest BCUT2D eigenvalue weighted by Crippen LogP contribution is 2.22. The molecule has 1 aliphatic rings. The van der Waals surface area contributed by atoms with Gasteiger partial charge in [-0.1, -0.05) is 18.2 Å². The zero-order chi connectivity index (χ0) is 18.6. The molecule has 1 aromatic heterocycles. The number of ether oxygens (including phenoxy) is 2. The van der Waals surface area contributed by atoms with Crippen molar-refractivity contribution < 1.29 is 22.3 Å². The van der Waals surface area contributed by atoms with Crippen molar-refractivity contribution in [1.82, 2.24) is 14.3 Å². The molecule has 7 nitrogen and oxygen atoms in total. The molecule has 0 bridgehead atoms. The van der Waals surface area contributed by atoms with Crippen molar-refractivity contribution in [1.29, 1.82) is 0 Å². The molecular weight excluding hydrogens is 361 g/mol. The zero-order valence-electron chi connectivity index (χ0n) is 14.3. The minimum absolute atomic E-state index is 0.144. The zero-order valence-corrected chi connectivity index (χ0v) is 15.2. The van der Waals surface area contributed by atoms with E-state index in [1.54, 1.807) is 12.1 Å². The first-order chi connectivity index (χ1) is 12.5. The van der Waals surface area contributed by atoms with E-state index < -0.39 is 15.8 Å². The van der Waals surface area contributed by atoms with Gasteiger partial charge >= 0.3 is 6.01 Å². The quantitative estimate of drug-likeness (QED) is 0.761. The van der Waals surface area contributed by atoms with E-state index in [2.05, 4.69) is 9.97 Å². The summed E-state index contributed by atoms with van der Waals surface area (Å²) >= 11 is 0. The first-order valence-corrected chi connectivity index (χ1v) is 9.84. The van der Waals surface area contributed by atoms with Crippen LogP contribution in [0.1, 0.15) is 18.4 Å². The van der Waals surface area contributed by atoms with Gasteiger partial charge in [0.05, 0.1) is 12.9 Å². The van der Waals surface area contributed by atoms with E-state index in [1.165, 1.54) is 35.8 Å². The maximum absolute atomic E-state index is 13.7. The van der Waals surface area contributed by atoms with Crippen LogP contribution < -0.4 is 9.47 Å². The number of rotatable bonds is 6. The average Bonchev–Trinajstić information content (AvgIpc) is 2.64. The van der Waals surface area contributed by atoms with Crippen LogP contribution in [0, 0.1) is 5.82 Å². The number of benzene rings is 1. The van der Waals surface area contributed by atoms with Crippen LogP contribution >= 0.6 is 0 Å². The predicted molar refractivity (Wildman–Crippen MR) is 92.8 cm³/mol. The average molecular weight is 381 g/mol. The second kappa shape index (κ2) is 7.96. The third-order valence-corrected chi connectivity index (χ3v) is 6.00. The molecular formula is C17H20FN3O4S. The van der Waals surface area contributed by atoms with Gasteiger partial charge in [0.2, 0.25) is 15.9 Å². The summed E-state index contributed by atoms with van der Waals surface area (Å²) in [6.07, 6.45) is 2.45. The number of hydrogen-bond acceptors (Lipinski definition) is 6. The molecule has 0 atom stereocenters. The van der Waals surface area contributed by atoms with Gasteiger partial charge in [-0.2, -0.15) is 4.98 Å². The topological polar surface area (TPSA) is 81.6 Å². The third kappa shape index (κ3) is 4.47. The molecule has 3 rings (SSSR count). The van der Waals surface area contributed by atoms with E-state index in [1.807, 2.05) is 0 Å². The Balaban J connectivity index is 1.58. The Morgan fingerprint density at radius 2 is 1.96 bits per heavy atom. The van der Waals surface area contributed by atoms with Crippen molar-refractivity contribution in [3.63, 3.8) is 0 Å². The molecule has 1 aliphatic heterocycles. The molecule has 0 N–H and O–H groups in total. The van der Waals surface area contributed by atoms with Gasteiger partial charge < -0.3 is 9.47 Å². The van der Waals surface area contributed by atoms with E-state index >= 15 is 0 Å². The van der Waals surface area contributed by atoms with Crippen molar-refractivity contribution in [3.8, 4) is 11.9 Å². The molecule has 140 valence electrons. The van der Waals surface area contributed by atoms with Gasteiger partial charge in [-0.05, 0) is 18.9 Å². The highest BCUT2D eigenvalue weighted by atomic mass is 32.2. The van der Waals surface area contributed by atoms with E-state index in [9.17, 15) is 12.8 Å². The largest absolute Gasteiger partial charge is 0.474 e. The molecule has 1 fully saturated rings. The minimum Gasteiger partial charge on any atom is -0.474 e. The smallest absolute Gasteiger partial charge is 0.319 e. The molecule has 1 saturated heterocycles. The van der Waals surface area contributed by atoms with Gasteiger partial charge in [0.15, 0.2) is 0 Å². The lowest BCUT2D eigenvalue weighted by Crippen LogP contribution is -2.42. The number of nitrogens with zero attached hydrogens (tertiary/aromatic N) is 3. The molecule has 0 saturated carbocycles. The van der Waals surface area contributed by atoms with Gasteiger partial charge in [-0.15, -0.1) is 0 Å². The third-order valence-electron chi connectivity index (χ3n) is 4.17. The first kappa shape index (κ1) is 18.5. The molecule has 2 heterocycles. The molecule has 26 heavy (non-hydrogen) atoms. The molecule has 1 aromatic carbocycles. The van der Waals surface area contributed by atoms with Crippen LogP contribution in [0.3, 0.4) is 0 Å². The monoisotopic (exact) mass is 381 g/mol. The normalized spacial score (nSPS) is 16.4. The summed E-state index contributed by atoms with van der Waals surface area (Å²) in [5.41, 5.74) is 0.180. The second-order valence-electron chi connectivity index (χ2n) is 5.95. The number of methoxy groups -OCH3 is 1. The summed E-state index contributed by atoms with van der Waals surface area (Å²) in [6, 6.07) is 7.77. The fraction of sp³-hybridized carbons (Fsp3) is 0.412. The summed E-state index contributed by atoms with van der Waals surface area (Å²) in [5.74, 6) is -0.453. The molecule has 9 heteroatoms. The number of piperidine rings is 1. The SMILES string of the molecule is COc1nccc(OC2CCN(S(=O)(=O)Cc3ccccc3F)CC2)n1. The van der Waals surface area contributed by atoms with Crippen LogP contribution in [0.2, 0.25) is 0 Å². The van der Waals surface area contributed by atoms with Gasteiger partial charge in [0.25, 0.3) is 0 Å². The van der Waals surface area contributed by atoms with Crippen LogP contribution in [-0.2, 0) is 15.8 Å². The van der Waals surface area contributed by atoms with Crippen LogP contribution in [0.15, 0.2) is 36.5 Å². The van der Waals surface area contributed by atoms with Crippen molar-refractivity contribution in [2.24, 2.45) is 0 Å². The summed E-state index contributed by atoms with van der Waals surface area (Å²) in [4.78, 5) is 8.00. The van der Waals surface area contributed by atoms with Crippen molar-refractivity contribution in [2.75, 3.05) is 20.2 Å². The van der Waals surface area contributed by atoms with E-state index in [0.717, 1.165) is 0 Å². The first-order valence-electron chi connectivity index (χ1n) is 8.23. The molecule has 0 unspecified atom stereocenters. The van der Waals surface area contributed by atoms with Gasteiger partial charge in [0.1, 0.15) is 11.9 Å². The predicted octanol–water partition coefficient (Wildman–Crippen LogP) is 2.00. The highest BCUT2D eigenvalue weighted by Gasteiger charge is 2.29. The summed E-state index contributed by atoms with van der Waals surface area (Å²) in [7, 11) is -2.10. The molecule has 2 aromatic rings. The van der Waals surface area contributed by atoms with Crippen molar-refractivity contribution in [3.05, 3.63) is 47.9 Å². The summed E-state index contributed by atoms with van der Waals surface area (Å²) in [5, 5.41) is 0. The summed E-state index contributed by atoms with van der Waals surface area (Å²) in [6.45, 7) is 0.646. The fourth-order valence-electron chi connectivity index (χ4n) is 2.79. The van der Waals surface area contributed by atoms with E-state index in [-0.39, 0.29) is 23.4 Å². The Labute approximate surface area is 151 Å². The van der Waals surface area contributed by atoms with Crippen LogP contribution in [0.5, 0.6) is 11.9 Å². The van der Waals surface area contributed by atoms with Gasteiger partial charge in [-0.3, -0.25) is 0 Å². The van der Waals surface area contributed by atoms with Crippen molar-refractivity contribution in [2.45, 2.75) is 24.7 Å². The molecule has 0 amide bonds. The highest BCUT2D eigenvalue weighted by molar-refractivity contribution is 7.88. The van der Waals surface area contributed by atoms with Gasteiger partial charge in [-0.25, -0.2) is 22.1 Å². The lowest BCUT2D eigenvalue weighted by molar-refractivity contribution is 0.128. The maximum Gasteiger partial charge on any atom is 0.319 e. The Morgan fingerprint density at radius 1 is 1.23 bits per heavy atom. The minimum atomic E-state index is -3.57. The Hall–Kier alpha value is -2.26. The van der Waals surface area contributed by atoms with E-state index in [0.29, 0.717) is 31.8 Å². The Kier molecular flexibility index (Phi) is 5.67. The number of halogens is 1. The van der Waals surface area contributed by atoms with Gasteiger partial charge in [0, 0.05) is 30.9 Å². The second-order valence-corrected chi connectivity index (χ2v) is 7.91. The molecule has 0 aliphatic carbocycles. The lowest BCUT2D eigenvalue weighted by Gasteiger charge is -2.31. The van der Waals surface area contributed by atoms with Crippen LogP contribution in [0.25, 0.3) is 0 Å². The maximum atomic E-state index is 13.7. The van der Waals surface area contributed by atoms with E-state index in [4.69, 9.17) is 9.47 Å². The standard InChI is InChI=1S/C17H20FN3O4S/c1-24-17-19-9-6-16(20-17)25-14-7-10-21(11-8-14)26(22,23)12-13-4-2-3-5-15(13)18/h2-6,9,14H,7-8,10-12H2,1H3. The Morgan fingerprint density at radius 3 is 2.65 bits per heavy atom. The van der Waals surface area contributed by atoms with Crippen LogP contribution in [-0.4, -0.2) is 49.0 Å². The fourth-order valence-corrected chi connectivity index (χ4v) is 4.37. The summed E-state index contributed by atoms with van der Waals surface area (Å²) < 4.78 is 50.9. The molecule has 0 spiro atoms. The molecule has 0 radical (unpaired) electrons. The number of aromatic nitrogens is 2. The number of hydrogen-bond donors (Lipinski definition) is 0. The number of sulfonamides is 1. The Bertz CT molecular complexity index is 855. The lowest BCUT2D eigenvalue weighted by atomic mass is 10.1. The van der Waals surface area contributed by atoms with Crippen LogP contribution in [0.4, 0.5) is 4.39 Å². The van der Waals surface area contributed by atoms with Crippen molar-refractivity contribution >= 4 is 10.0 Å².